The molecule has 3 N–H and O–H groups in total. The Balaban J connectivity index is 1.73. The summed E-state index contributed by atoms with van der Waals surface area (Å²) in [7, 11) is 6.05. The van der Waals surface area contributed by atoms with E-state index in [-0.39, 0.29) is 34.9 Å². The van der Waals surface area contributed by atoms with Gasteiger partial charge in [0.05, 0.1) is 28.4 Å². The zero-order chi connectivity index (χ0) is 29.5. The Kier molecular flexibility index (Phi) is 9.24. The van der Waals surface area contributed by atoms with Crippen LogP contribution in [0.3, 0.4) is 0 Å². The van der Waals surface area contributed by atoms with Gasteiger partial charge in [-0.2, -0.15) is 0 Å². The fourth-order valence-electron chi connectivity index (χ4n) is 5.18. The highest BCUT2D eigenvalue weighted by molar-refractivity contribution is 5.94. The highest BCUT2D eigenvalue weighted by Gasteiger charge is 2.37. The van der Waals surface area contributed by atoms with Gasteiger partial charge in [0.25, 0.3) is 0 Å². The number of carbonyl (C=O) groups is 1. The van der Waals surface area contributed by atoms with Crippen molar-refractivity contribution in [1.29, 1.82) is 0 Å². The Hall–Kier alpha value is -4.85. The van der Waals surface area contributed by atoms with Crippen molar-refractivity contribution in [2.75, 3.05) is 28.4 Å². The highest BCUT2D eigenvalue weighted by atomic mass is 16.5. The van der Waals surface area contributed by atoms with Crippen molar-refractivity contribution >= 4 is 11.9 Å². The maximum Gasteiger partial charge on any atom is 0.163 e. The third kappa shape index (κ3) is 6.49. The molecule has 0 fully saturated rings. The maximum absolute atomic E-state index is 13.9. The second kappa shape index (κ2) is 13.0. The lowest BCUT2D eigenvalue weighted by Gasteiger charge is -2.34. The second-order valence-electron chi connectivity index (χ2n) is 9.60. The van der Waals surface area contributed by atoms with E-state index < -0.39 is 5.92 Å². The molecule has 3 aromatic rings. The van der Waals surface area contributed by atoms with Crippen LogP contribution in [-0.4, -0.2) is 49.5 Å². The Morgan fingerprint density at radius 2 is 1.39 bits per heavy atom. The smallest absolute Gasteiger partial charge is 0.163 e. The number of benzene rings is 3. The Bertz CT molecular complexity index is 1490. The lowest BCUT2D eigenvalue weighted by Crippen LogP contribution is -2.29. The van der Waals surface area contributed by atoms with Gasteiger partial charge in [-0.3, -0.25) is 4.79 Å². The van der Waals surface area contributed by atoms with E-state index in [2.05, 4.69) is 0 Å². The third-order valence-electron chi connectivity index (χ3n) is 7.25. The minimum atomic E-state index is -0.586. The van der Waals surface area contributed by atoms with Gasteiger partial charge in [0.15, 0.2) is 40.3 Å². The minimum Gasteiger partial charge on any atom is -0.508 e. The van der Waals surface area contributed by atoms with Crippen LogP contribution in [0.15, 0.2) is 84.7 Å². The van der Waals surface area contributed by atoms with E-state index in [0.717, 1.165) is 11.1 Å². The van der Waals surface area contributed by atoms with Crippen molar-refractivity contribution < 1.29 is 39.1 Å². The number of aliphatic hydroxyl groups excluding tert-OH is 1. The van der Waals surface area contributed by atoms with E-state index in [9.17, 15) is 20.1 Å². The van der Waals surface area contributed by atoms with Gasteiger partial charge in [-0.1, -0.05) is 36.4 Å². The van der Waals surface area contributed by atoms with Gasteiger partial charge in [-0.25, -0.2) is 0 Å². The first-order chi connectivity index (χ1) is 19.8. The first-order valence-electron chi connectivity index (χ1n) is 13.0. The van der Waals surface area contributed by atoms with Crippen LogP contribution in [0.1, 0.15) is 34.9 Å². The van der Waals surface area contributed by atoms with E-state index >= 15 is 0 Å². The Morgan fingerprint density at radius 1 is 0.780 bits per heavy atom. The van der Waals surface area contributed by atoms with Crippen LogP contribution in [0.5, 0.6) is 34.5 Å². The molecule has 0 saturated heterocycles. The predicted molar refractivity (Wildman–Crippen MR) is 156 cm³/mol. The van der Waals surface area contributed by atoms with Crippen LogP contribution in [-0.2, 0) is 4.79 Å². The lowest BCUT2D eigenvalue weighted by molar-refractivity contribution is -0.119. The number of aromatic hydroxyl groups is 2. The number of aliphatic hydroxyl groups is 1. The van der Waals surface area contributed by atoms with Crippen molar-refractivity contribution in [3.63, 3.8) is 0 Å². The zero-order valence-electron chi connectivity index (χ0n) is 23.4. The van der Waals surface area contributed by atoms with Gasteiger partial charge in [-0.05, 0) is 71.5 Å². The molecule has 0 unspecified atom stereocenters. The van der Waals surface area contributed by atoms with Gasteiger partial charge < -0.3 is 34.3 Å². The quantitative estimate of drug-likeness (QED) is 0.115. The molecule has 214 valence electrons. The summed E-state index contributed by atoms with van der Waals surface area (Å²) >= 11 is 0. The number of hydrogen-bond donors (Lipinski definition) is 3. The topological polar surface area (TPSA) is 115 Å². The standard InChI is InChI=1S/C33H34O8/c1-38-29-15-11-22(18-32(29)41-4)25-7-5-6-24(21-10-14-27(36)31(17-21)40-3)33(25)28(37)19-23(34)12-8-20-9-13-26(35)30(16-20)39-2/h5,7-19,24-25,33-36H,6H2,1-4H3/t24-,25-,33+/m1/s1. The average Bonchev–Trinajstić information content (AvgIpc) is 3.00. The monoisotopic (exact) mass is 558 g/mol. The van der Waals surface area contributed by atoms with Crippen LogP contribution in [0.2, 0.25) is 0 Å². The predicted octanol–water partition coefficient (Wildman–Crippen LogP) is 6.30. The first-order valence-corrected chi connectivity index (χ1v) is 13.0. The lowest BCUT2D eigenvalue weighted by atomic mass is 9.68. The summed E-state index contributed by atoms with van der Waals surface area (Å²) in [6.45, 7) is 0. The molecule has 1 aliphatic rings. The molecule has 0 saturated carbocycles. The van der Waals surface area contributed by atoms with Gasteiger partial charge in [0.2, 0.25) is 0 Å². The number of ether oxygens (including phenoxy) is 4. The normalized spacial score (nSPS) is 18.7. The van der Waals surface area contributed by atoms with Crippen LogP contribution < -0.4 is 18.9 Å². The number of allylic oxidation sites excluding steroid dienone is 4. The van der Waals surface area contributed by atoms with E-state index in [4.69, 9.17) is 18.9 Å². The number of carbonyl (C=O) groups excluding carboxylic acids is 1. The van der Waals surface area contributed by atoms with Gasteiger partial charge in [-0.15, -0.1) is 0 Å². The van der Waals surface area contributed by atoms with Crippen molar-refractivity contribution in [3.8, 4) is 34.5 Å². The van der Waals surface area contributed by atoms with Crippen LogP contribution in [0.25, 0.3) is 6.08 Å². The first kappa shape index (κ1) is 29.1. The zero-order valence-corrected chi connectivity index (χ0v) is 23.4. The Morgan fingerprint density at radius 3 is 2.07 bits per heavy atom. The molecular formula is C33H34O8. The number of phenolic OH excluding ortho intramolecular Hbond substituents is 2. The summed E-state index contributed by atoms with van der Waals surface area (Å²) in [6, 6.07) is 15.4. The molecule has 0 aromatic heterocycles. The second-order valence-corrected chi connectivity index (χ2v) is 9.60. The molecule has 0 amide bonds. The number of rotatable bonds is 10. The third-order valence-corrected chi connectivity index (χ3v) is 7.25. The fraction of sp³-hybridized carbons (Fsp3) is 0.242. The summed E-state index contributed by atoms with van der Waals surface area (Å²) in [5, 5.41) is 30.7. The van der Waals surface area contributed by atoms with E-state index in [1.165, 1.54) is 32.4 Å². The summed E-state index contributed by atoms with van der Waals surface area (Å²) in [6.07, 6.45) is 8.89. The molecule has 1 aliphatic carbocycles. The van der Waals surface area contributed by atoms with Crippen molar-refractivity contribution in [2.24, 2.45) is 5.92 Å². The van der Waals surface area contributed by atoms with Crippen LogP contribution >= 0.6 is 0 Å². The van der Waals surface area contributed by atoms with Crippen molar-refractivity contribution in [1.82, 2.24) is 0 Å². The molecule has 3 atom stereocenters. The molecule has 0 heterocycles. The number of hydrogen-bond acceptors (Lipinski definition) is 8. The van der Waals surface area contributed by atoms with E-state index in [1.807, 2.05) is 24.3 Å². The SMILES string of the molecule is COc1cc(C=CC(O)=CC(=O)[C@@H]2[C@@H](c3ccc(OC)c(OC)c3)C=CC[C@@H]2c2ccc(O)c(OC)c2)ccc1O. The minimum absolute atomic E-state index is 0.00283. The van der Waals surface area contributed by atoms with Gasteiger partial charge in [0, 0.05) is 17.9 Å². The molecule has 8 heteroatoms. The number of ketones is 1. The molecule has 3 aromatic carbocycles. The summed E-state index contributed by atoms with van der Waals surface area (Å²) in [5.41, 5.74) is 2.35. The van der Waals surface area contributed by atoms with E-state index in [0.29, 0.717) is 35.0 Å². The average molecular weight is 559 g/mol. The van der Waals surface area contributed by atoms with Crippen LogP contribution in [0.4, 0.5) is 0 Å². The summed E-state index contributed by atoms with van der Waals surface area (Å²) in [4.78, 5) is 13.9. The van der Waals surface area contributed by atoms with Crippen LogP contribution in [0, 0.1) is 5.92 Å². The molecule has 0 bridgehead atoms. The molecule has 4 rings (SSSR count). The van der Waals surface area contributed by atoms with E-state index in [1.54, 1.807) is 56.7 Å². The largest absolute Gasteiger partial charge is 0.508 e. The van der Waals surface area contributed by atoms with Gasteiger partial charge >= 0.3 is 0 Å². The van der Waals surface area contributed by atoms with Crippen molar-refractivity contribution in [2.45, 2.75) is 18.3 Å². The molecule has 0 radical (unpaired) electrons. The molecule has 41 heavy (non-hydrogen) atoms. The maximum atomic E-state index is 13.9. The van der Waals surface area contributed by atoms with Gasteiger partial charge in [0.1, 0.15) is 5.76 Å². The molecule has 0 spiro atoms. The number of methoxy groups -OCH3 is 4. The number of phenols is 2. The molecular weight excluding hydrogens is 524 g/mol. The molecule has 8 nitrogen and oxygen atoms in total. The summed E-state index contributed by atoms with van der Waals surface area (Å²) < 4.78 is 21.4. The Labute approximate surface area is 239 Å². The molecule has 0 aliphatic heterocycles. The highest BCUT2D eigenvalue weighted by Crippen LogP contribution is 2.46. The fourth-order valence-corrected chi connectivity index (χ4v) is 5.18. The van der Waals surface area contributed by atoms with Crippen molar-refractivity contribution in [3.05, 3.63) is 101 Å². The summed E-state index contributed by atoms with van der Waals surface area (Å²) in [5.74, 6) is 0.0688.